The molecule has 0 fully saturated rings. The van der Waals surface area contributed by atoms with Crippen LogP contribution in [0.5, 0.6) is 11.5 Å². The summed E-state index contributed by atoms with van der Waals surface area (Å²) in [5.74, 6) is 1.26. The molecule has 0 unspecified atom stereocenters. The SMILES string of the molecule is Cc1ccc(N[C@H](C)C(=O)Nc2ccc3c(c2)OCCO3)cc1C. The fraction of sp³-hybridized carbons (Fsp3) is 0.316. The number of carbonyl (C=O) groups is 1. The van der Waals surface area contributed by atoms with Crippen LogP contribution in [0.3, 0.4) is 0 Å². The van der Waals surface area contributed by atoms with Gasteiger partial charge in [-0.1, -0.05) is 6.07 Å². The van der Waals surface area contributed by atoms with Crippen molar-refractivity contribution in [2.75, 3.05) is 23.8 Å². The predicted octanol–water partition coefficient (Wildman–Crippen LogP) is 3.51. The van der Waals surface area contributed by atoms with Crippen LogP contribution in [-0.2, 0) is 4.79 Å². The first kappa shape index (κ1) is 16.2. The Hall–Kier alpha value is -2.69. The third kappa shape index (κ3) is 3.62. The van der Waals surface area contributed by atoms with Gasteiger partial charge in [-0.25, -0.2) is 0 Å². The second-order valence-corrected chi connectivity index (χ2v) is 6.01. The topological polar surface area (TPSA) is 59.6 Å². The number of hydrogen-bond acceptors (Lipinski definition) is 4. The molecule has 0 radical (unpaired) electrons. The Labute approximate surface area is 142 Å². The Morgan fingerprint density at radius 3 is 2.42 bits per heavy atom. The Bertz CT molecular complexity index is 758. The summed E-state index contributed by atoms with van der Waals surface area (Å²) in [5.41, 5.74) is 4.05. The summed E-state index contributed by atoms with van der Waals surface area (Å²) in [6.07, 6.45) is 0. The van der Waals surface area contributed by atoms with E-state index in [2.05, 4.69) is 24.5 Å². The third-order valence-electron chi connectivity index (χ3n) is 4.09. The zero-order valence-electron chi connectivity index (χ0n) is 14.2. The van der Waals surface area contributed by atoms with Crippen LogP contribution < -0.4 is 20.1 Å². The fourth-order valence-corrected chi connectivity index (χ4v) is 2.52. The maximum Gasteiger partial charge on any atom is 0.246 e. The number of fused-ring (bicyclic) bond motifs is 1. The zero-order valence-corrected chi connectivity index (χ0v) is 14.2. The molecule has 126 valence electrons. The van der Waals surface area contributed by atoms with Crippen LogP contribution in [0.25, 0.3) is 0 Å². The minimum absolute atomic E-state index is 0.107. The van der Waals surface area contributed by atoms with Crippen molar-refractivity contribution in [3.05, 3.63) is 47.5 Å². The van der Waals surface area contributed by atoms with E-state index in [1.165, 1.54) is 11.1 Å². The van der Waals surface area contributed by atoms with Gasteiger partial charge in [0.1, 0.15) is 19.3 Å². The summed E-state index contributed by atoms with van der Waals surface area (Å²) in [4.78, 5) is 12.4. The Morgan fingerprint density at radius 1 is 0.958 bits per heavy atom. The summed E-state index contributed by atoms with van der Waals surface area (Å²) in [6, 6.07) is 11.1. The van der Waals surface area contributed by atoms with Gasteiger partial charge in [-0.15, -0.1) is 0 Å². The molecule has 2 aromatic rings. The van der Waals surface area contributed by atoms with E-state index >= 15 is 0 Å². The number of aryl methyl sites for hydroxylation is 2. The maximum absolute atomic E-state index is 12.4. The first-order chi connectivity index (χ1) is 11.5. The number of carbonyl (C=O) groups excluding carboxylic acids is 1. The van der Waals surface area contributed by atoms with Crippen LogP contribution in [0, 0.1) is 13.8 Å². The van der Waals surface area contributed by atoms with Crippen molar-refractivity contribution in [2.45, 2.75) is 26.8 Å². The molecule has 0 bridgehead atoms. The molecule has 2 N–H and O–H groups in total. The summed E-state index contributed by atoms with van der Waals surface area (Å²) < 4.78 is 11.0. The molecule has 1 aliphatic rings. The maximum atomic E-state index is 12.4. The van der Waals surface area contributed by atoms with Crippen LogP contribution in [0.4, 0.5) is 11.4 Å². The summed E-state index contributed by atoms with van der Waals surface area (Å²) in [5, 5.41) is 6.13. The molecule has 1 atom stereocenters. The van der Waals surface area contributed by atoms with Crippen molar-refractivity contribution in [2.24, 2.45) is 0 Å². The van der Waals surface area contributed by atoms with E-state index in [1.54, 1.807) is 6.07 Å². The molecule has 2 aromatic carbocycles. The third-order valence-corrected chi connectivity index (χ3v) is 4.09. The van der Waals surface area contributed by atoms with Gasteiger partial charge in [-0.3, -0.25) is 4.79 Å². The number of ether oxygens (including phenoxy) is 2. The zero-order chi connectivity index (χ0) is 17.1. The van der Waals surface area contributed by atoms with Crippen LogP contribution >= 0.6 is 0 Å². The van der Waals surface area contributed by atoms with Crippen LogP contribution in [-0.4, -0.2) is 25.2 Å². The molecule has 0 saturated heterocycles. The number of rotatable bonds is 4. The number of hydrogen-bond donors (Lipinski definition) is 2. The van der Waals surface area contributed by atoms with Crippen LogP contribution in [0.15, 0.2) is 36.4 Å². The number of anilines is 2. The van der Waals surface area contributed by atoms with Crippen molar-refractivity contribution in [1.29, 1.82) is 0 Å². The number of nitrogens with one attached hydrogen (secondary N) is 2. The first-order valence-electron chi connectivity index (χ1n) is 8.07. The Balaban J connectivity index is 1.64. The van der Waals surface area contributed by atoms with Gasteiger partial charge in [-0.05, 0) is 56.2 Å². The van der Waals surface area contributed by atoms with Crippen LogP contribution in [0.2, 0.25) is 0 Å². The van der Waals surface area contributed by atoms with Gasteiger partial charge in [0.2, 0.25) is 5.91 Å². The summed E-state index contributed by atoms with van der Waals surface area (Å²) >= 11 is 0. The Morgan fingerprint density at radius 2 is 1.67 bits per heavy atom. The lowest BCUT2D eigenvalue weighted by Gasteiger charge is -2.20. The fourth-order valence-electron chi connectivity index (χ4n) is 2.52. The lowest BCUT2D eigenvalue weighted by atomic mass is 10.1. The van der Waals surface area contributed by atoms with E-state index in [9.17, 15) is 4.79 Å². The van der Waals surface area contributed by atoms with Gasteiger partial charge in [-0.2, -0.15) is 0 Å². The molecule has 0 aromatic heterocycles. The lowest BCUT2D eigenvalue weighted by Crippen LogP contribution is -2.31. The highest BCUT2D eigenvalue weighted by atomic mass is 16.6. The van der Waals surface area contributed by atoms with Gasteiger partial charge in [0, 0.05) is 17.4 Å². The average Bonchev–Trinajstić information content (AvgIpc) is 2.58. The summed E-state index contributed by atoms with van der Waals surface area (Å²) in [6.45, 7) is 7.03. The molecule has 3 rings (SSSR count). The van der Waals surface area contributed by atoms with E-state index in [1.807, 2.05) is 37.3 Å². The minimum atomic E-state index is -0.361. The van der Waals surface area contributed by atoms with E-state index in [0.717, 1.165) is 5.69 Å². The molecule has 1 amide bonds. The second kappa shape index (κ2) is 6.83. The molecular formula is C19H22N2O3. The monoisotopic (exact) mass is 326 g/mol. The molecule has 5 heteroatoms. The normalized spacial score (nSPS) is 14.0. The van der Waals surface area contributed by atoms with Gasteiger partial charge in [0.25, 0.3) is 0 Å². The largest absolute Gasteiger partial charge is 0.486 e. The quantitative estimate of drug-likeness (QED) is 0.902. The standard InChI is InChI=1S/C19H22N2O3/c1-12-4-5-15(10-13(12)2)20-14(3)19(22)21-16-6-7-17-18(11-16)24-9-8-23-17/h4-7,10-11,14,20H,8-9H2,1-3H3,(H,21,22)/t14-/m1/s1. The van der Waals surface area contributed by atoms with E-state index in [-0.39, 0.29) is 11.9 Å². The smallest absolute Gasteiger partial charge is 0.246 e. The summed E-state index contributed by atoms with van der Waals surface area (Å²) in [7, 11) is 0. The molecule has 0 saturated carbocycles. The molecule has 0 spiro atoms. The van der Waals surface area contributed by atoms with Gasteiger partial charge >= 0.3 is 0 Å². The second-order valence-electron chi connectivity index (χ2n) is 6.01. The molecule has 1 heterocycles. The van der Waals surface area contributed by atoms with Gasteiger partial charge < -0.3 is 20.1 Å². The van der Waals surface area contributed by atoms with Crippen LogP contribution in [0.1, 0.15) is 18.1 Å². The molecular weight excluding hydrogens is 304 g/mol. The van der Waals surface area contributed by atoms with E-state index in [0.29, 0.717) is 30.4 Å². The van der Waals surface area contributed by atoms with Crippen molar-refractivity contribution in [3.8, 4) is 11.5 Å². The number of benzene rings is 2. The van der Waals surface area contributed by atoms with Crippen molar-refractivity contribution in [3.63, 3.8) is 0 Å². The van der Waals surface area contributed by atoms with Crippen molar-refractivity contribution >= 4 is 17.3 Å². The lowest BCUT2D eigenvalue weighted by molar-refractivity contribution is -0.116. The molecule has 0 aliphatic carbocycles. The highest BCUT2D eigenvalue weighted by Gasteiger charge is 2.16. The van der Waals surface area contributed by atoms with Crippen molar-refractivity contribution < 1.29 is 14.3 Å². The van der Waals surface area contributed by atoms with Crippen molar-refractivity contribution in [1.82, 2.24) is 0 Å². The predicted molar refractivity (Wildman–Crippen MR) is 95.1 cm³/mol. The molecule has 24 heavy (non-hydrogen) atoms. The molecule has 1 aliphatic heterocycles. The minimum Gasteiger partial charge on any atom is -0.486 e. The molecule has 5 nitrogen and oxygen atoms in total. The van der Waals surface area contributed by atoms with Gasteiger partial charge in [0.05, 0.1) is 0 Å². The van der Waals surface area contributed by atoms with Gasteiger partial charge in [0.15, 0.2) is 11.5 Å². The highest BCUT2D eigenvalue weighted by Crippen LogP contribution is 2.32. The van der Waals surface area contributed by atoms with E-state index < -0.39 is 0 Å². The van der Waals surface area contributed by atoms with E-state index in [4.69, 9.17) is 9.47 Å². The Kier molecular flexibility index (Phi) is 4.60. The highest BCUT2D eigenvalue weighted by molar-refractivity contribution is 5.96. The first-order valence-corrected chi connectivity index (χ1v) is 8.07. The average molecular weight is 326 g/mol. The number of amides is 1.